The van der Waals surface area contributed by atoms with Crippen LogP contribution in [0, 0.1) is 0 Å². The van der Waals surface area contributed by atoms with Crippen LogP contribution in [0.5, 0.6) is 5.75 Å². The number of nitrogens with zero attached hydrogens (tertiary/aromatic N) is 2. The Balaban J connectivity index is 1.62. The maximum Gasteiger partial charge on any atom is 0.416 e. The van der Waals surface area contributed by atoms with Gasteiger partial charge in [0.15, 0.2) is 0 Å². The lowest BCUT2D eigenvalue weighted by molar-refractivity contribution is -0.143. The topological polar surface area (TPSA) is 60.9 Å². The fraction of sp³-hybridized carbons (Fsp3) is 0.241. The summed E-state index contributed by atoms with van der Waals surface area (Å²) in [4.78, 5) is 29.1. The van der Waals surface area contributed by atoms with Gasteiger partial charge in [0, 0.05) is 31.3 Å². The number of carbonyl (C=O) groups is 2. The van der Waals surface area contributed by atoms with Crippen LogP contribution in [0.2, 0.25) is 0 Å². The normalized spacial score (nSPS) is 16.4. The molecule has 3 aromatic carbocycles. The molecule has 5 nitrogen and oxygen atoms in total. The van der Waals surface area contributed by atoms with E-state index in [0.29, 0.717) is 17.7 Å². The first-order valence-corrected chi connectivity index (χ1v) is 12.2. The van der Waals surface area contributed by atoms with Gasteiger partial charge in [0.05, 0.1) is 17.2 Å². The lowest BCUT2D eigenvalue weighted by Gasteiger charge is -2.41. The largest absolute Gasteiger partial charge is 0.508 e. The quantitative estimate of drug-likeness (QED) is 0.305. The van der Waals surface area contributed by atoms with Crippen LogP contribution in [0.3, 0.4) is 0 Å². The Bertz CT molecular complexity index is 1350. The number of rotatable bonds is 5. The summed E-state index contributed by atoms with van der Waals surface area (Å²) in [5.41, 5.74) is -2.44. The zero-order valence-corrected chi connectivity index (χ0v) is 20.9. The number of carbonyl (C=O) groups excluding carboxylic acids is 2. The highest BCUT2D eigenvalue weighted by Crippen LogP contribution is 2.37. The molecule has 0 spiro atoms. The molecule has 1 saturated heterocycles. The third-order valence-corrected chi connectivity index (χ3v) is 6.52. The van der Waals surface area contributed by atoms with Gasteiger partial charge in [-0.25, -0.2) is 0 Å². The molecule has 2 amide bonds. The zero-order chi connectivity index (χ0) is 29.1. The summed E-state index contributed by atoms with van der Waals surface area (Å²) in [6.45, 7) is -0.0436. The van der Waals surface area contributed by atoms with Gasteiger partial charge in [-0.3, -0.25) is 9.59 Å². The van der Waals surface area contributed by atoms with E-state index in [4.69, 9.17) is 0 Å². The van der Waals surface area contributed by atoms with E-state index < -0.39 is 41.0 Å². The smallest absolute Gasteiger partial charge is 0.416 e. The number of benzene rings is 3. The molecule has 1 aliphatic heterocycles. The van der Waals surface area contributed by atoms with Gasteiger partial charge in [0.1, 0.15) is 5.75 Å². The van der Waals surface area contributed by atoms with Gasteiger partial charge in [-0.1, -0.05) is 42.5 Å². The summed E-state index contributed by atoms with van der Waals surface area (Å²) in [6.07, 6.45) is -7.08. The molecule has 0 radical (unpaired) electrons. The molecule has 0 unspecified atom stereocenters. The Morgan fingerprint density at radius 2 is 1.45 bits per heavy atom. The molecule has 3 aromatic rings. The van der Waals surface area contributed by atoms with Crippen LogP contribution in [0.1, 0.15) is 32.6 Å². The molecule has 1 N–H and O–H groups in total. The van der Waals surface area contributed by atoms with Crippen LogP contribution in [-0.2, 0) is 23.6 Å². The van der Waals surface area contributed by atoms with E-state index in [9.17, 15) is 41.0 Å². The van der Waals surface area contributed by atoms with Gasteiger partial charge >= 0.3 is 12.4 Å². The number of hydrogen-bond acceptors (Lipinski definition) is 3. The first-order valence-electron chi connectivity index (χ1n) is 12.2. The third-order valence-electron chi connectivity index (χ3n) is 6.52. The summed E-state index contributed by atoms with van der Waals surface area (Å²) < 4.78 is 80.4. The minimum atomic E-state index is -5.09. The lowest BCUT2D eigenvalue weighted by atomic mass is 9.99. The van der Waals surface area contributed by atoms with E-state index in [-0.39, 0.29) is 43.8 Å². The molecule has 1 heterocycles. The number of piperazine rings is 1. The van der Waals surface area contributed by atoms with E-state index in [1.54, 1.807) is 48.5 Å². The second-order valence-electron chi connectivity index (χ2n) is 9.35. The van der Waals surface area contributed by atoms with Gasteiger partial charge in [-0.15, -0.1) is 0 Å². The number of aromatic hydroxyl groups is 1. The highest BCUT2D eigenvalue weighted by Gasteiger charge is 2.39. The molecule has 0 aliphatic carbocycles. The Hall–Kier alpha value is -4.28. The average molecular weight is 563 g/mol. The van der Waals surface area contributed by atoms with Crippen LogP contribution in [0.25, 0.3) is 6.08 Å². The van der Waals surface area contributed by atoms with Crippen molar-refractivity contribution in [1.29, 1.82) is 0 Å². The van der Waals surface area contributed by atoms with Gasteiger partial charge in [0.25, 0.3) is 5.91 Å². The number of phenolic OH excluding ortho intramolecular Hbond substituents is 1. The molecular formula is C29H24F6N2O3. The predicted molar refractivity (Wildman–Crippen MR) is 135 cm³/mol. The van der Waals surface area contributed by atoms with Crippen molar-refractivity contribution in [2.45, 2.75) is 24.8 Å². The van der Waals surface area contributed by atoms with E-state index in [1.165, 1.54) is 28.0 Å². The van der Waals surface area contributed by atoms with E-state index in [2.05, 4.69) is 0 Å². The number of amides is 2. The molecule has 1 atom stereocenters. The molecule has 1 fully saturated rings. The summed E-state index contributed by atoms with van der Waals surface area (Å²) in [7, 11) is 0. The highest BCUT2D eigenvalue weighted by molar-refractivity contribution is 5.96. The molecular weight excluding hydrogens is 538 g/mol. The second-order valence-corrected chi connectivity index (χ2v) is 9.35. The summed E-state index contributed by atoms with van der Waals surface area (Å²) in [6, 6.07) is 15.1. The summed E-state index contributed by atoms with van der Waals surface area (Å²) in [5.74, 6) is -1.29. The molecule has 0 saturated carbocycles. The monoisotopic (exact) mass is 562 g/mol. The standard InChI is InChI=1S/C29H24F6N2O3/c30-28(31,32)22-15-21(16-23(17-22)29(33,34)35)27(40)37-13-12-36(18-24(37)14-20-4-2-1-3-5-20)26(39)11-8-19-6-9-25(38)10-7-19/h1-11,15-17,24,38H,12-14,18H2/t24-/m1/s1. The van der Waals surface area contributed by atoms with Gasteiger partial charge in [-0.2, -0.15) is 26.3 Å². The van der Waals surface area contributed by atoms with Gasteiger partial charge in [-0.05, 0) is 54.0 Å². The summed E-state index contributed by atoms with van der Waals surface area (Å²) >= 11 is 0. The SMILES string of the molecule is O=C(C=Cc1ccc(O)cc1)N1CCN(C(=O)c2cc(C(F)(F)F)cc(C(F)(F)F)c2)[C@H](Cc2ccccc2)C1. The fourth-order valence-electron chi connectivity index (χ4n) is 4.49. The highest BCUT2D eigenvalue weighted by atomic mass is 19.4. The molecule has 4 rings (SSSR count). The third kappa shape index (κ3) is 7.02. The molecule has 40 heavy (non-hydrogen) atoms. The Kier molecular flexibility index (Phi) is 8.22. The van der Waals surface area contributed by atoms with Crippen molar-refractivity contribution in [2.75, 3.05) is 19.6 Å². The number of halogens is 6. The Labute approximate surface area is 225 Å². The first-order chi connectivity index (χ1) is 18.8. The first kappa shape index (κ1) is 28.7. The van der Waals surface area contributed by atoms with Crippen molar-refractivity contribution in [3.05, 3.63) is 107 Å². The van der Waals surface area contributed by atoms with Crippen LogP contribution in [-0.4, -0.2) is 52.4 Å². The van der Waals surface area contributed by atoms with Crippen LogP contribution < -0.4 is 0 Å². The van der Waals surface area contributed by atoms with Crippen molar-refractivity contribution in [3.8, 4) is 5.75 Å². The molecule has 1 aliphatic rings. The van der Waals surface area contributed by atoms with Crippen molar-refractivity contribution in [2.24, 2.45) is 0 Å². The summed E-state index contributed by atoms with van der Waals surface area (Å²) in [5, 5.41) is 9.41. The predicted octanol–water partition coefficient (Wildman–Crippen LogP) is 6.04. The maximum absolute atomic E-state index is 13.4. The van der Waals surface area contributed by atoms with E-state index >= 15 is 0 Å². The van der Waals surface area contributed by atoms with Crippen LogP contribution >= 0.6 is 0 Å². The Morgan fingerprint density at radius 1 is 0.850 bits per heavy atom. The number of alkyl halides is 6. The van der Waals surface area contributed by atoms with Crippen molar-refractivity contribution in [3.63, 3.8) is 0 Å². The van der Waals surface area contributed by atoms with Gasteiger partial charge in [0.2, 0.25) is 5.91 Å². The minimum Gasteiger partial charge on any atom is -0.508 e. The average Bonchev–Trinajstić information content (AvgIpc) is 2.91. The van der Waals surface area contributed by atoms with Crippen molar-refractivity contribution in [1.82, 2.24) is 9.80 Å². The van der Waals surface area contributed by atoms with Crippen LogP contribution in [0.4, 0.5) is 26.3 Å². The molecule has 0 aromatic heterocycles. The molecule has 11 heteroatoms. The number of phenols is 1. The van der Waals surface area contributed by atoms with E-state index in [0.717, 1.165) is 5.56 Å². The van der Waals surface area contributed by atoms with Crippen molar-refractivity contribution >= 4 is 17.9 Å². The van der Waals surface area contributed by atoms with E-state index in [1.807, 2.05) is 0 Å². The lowest BCUT2D eigenvalue weighted by Crippen LogP contribution is -2.57. The van der Waals surface area contributed by atoms with Crippen molar-refractivity contribution < 1.29 is 41.0 Å². The van der Waals surface area contributed by atoms with Crippen LogP contribution in [0.15, 0.2) is 78.9 Å². The fourth-order valence-corrected chi connectivity index (χ4v) is 4.49. The second kappa shape index (κ2) is 11.4. The molecule has 210 valence electrons. The zero-order valence-electron chi connectivity index (χ0n) is 20.9. The molecule has 0 bridgehead atoms. The van der Waals surface area contributed by atoms with Gasteiger partial charge < -0.3 is 14.9 Å². The Morgan fingerprint density at radius 3 is 2.02 bits per heavy atom. The maximum atomic E-state index is 13.4. The minimum absolute atomic E-state index is 0.0183. The number of hydrogen-bond donors (Lipinski definition) is 1.